The van der Waals surface area contributed by atoms with E-state index in [1.807, 2.05) is 0 Å². The molecule has 1 aliphatic carbocycles. The van der Waals surface area contributed by atoms with E-state index in [9.17, 15) is 0 Å². The standard InChI is InChI=1S/C10H19N5.ClH/c1-7-3-10(6-11,4-8(7)2)5-9-12-14-15-13-9;/h7-8H,3-6,11H2,1-2H3,(H,12,13,14,15);1H. The summed E-state index contributed by atoms with van der Waals surface area (Å²) in [6.07, 6.45) is 3.25. The monoisotopic (exact) mass is 245 g/mol. The third-order valence-electron chi connectivity index (χ3n) is 3.85. The molecule has 3 N–H and O–H groups in total. The molecule has 0 aliphatic heterocycles. The summed E-state index contributed by atoms with van der Waals surface area (Å²) in [6, 6.07) is 0. The molecule has 0 bridgehead atoms. The minimum Gasteiger partial charge on any atom is -0.330 e. The largest absolute Gasteiger partial charge is 0.330 e. The van der Waals surface area contributed by atoms with Crippen LogP contribution in [0.1, 0.15) is 32.5 Å². The van der Waals surface area contributed by atoms with E-state index >= 15 is 0 Å². The molecule has 1 heterocycles. The lowest BCUT2D eigenvalue weighted by Gasteiger charge is -2.26. The van der Waals surface area contributed by atoms with Crippen molar-refractivity contribution in [1.29, 1.82) is 0 Å². The Hall–Kier alpha value is -0.680. The van der Waals surface area contributed by atoms with Gasteiger partial charge in [-0.25, -0.2) is 5.10 Å². The number of halogens is 1. The number of aromatic amines is 1. The van der Waals surface area contributed by atoms with Crippen LogP contribution in [-0.2, 0) is 6.42 Å². The Kier molecular flexibility index (Phi) is 4.27. The number of nitrogens with one attached hydrogen (secondary N) is 1. The van der Waals surface area contributed by atoms with Gasteiger partial charge in [0.05, 0.1) is 0 Å². The molecule has 1 saturated carbocycles. The van der Waals surface area contributed by atoms with Gasteiger partial charge in [0.25, 0.3) is 0 Å². The molecule has 0 spiro atoms. The average Bonchev–Trinajstić information content (AvgIpc) is 2.78. The van der Waals surface area contributed by atoms with Crippen molar-refractivity contribution in [3.8, 4) is 0 Å². The van der Waals surface area contributed by atoms with Gasteiger partial charge >= 0.3 is 0 Å². The van der Waals surface area contributed by atoms with Crippen LogP contribution in [0.25, 0.3) is 0 Å². The van der Waals surface area contributed by atoms with Gasteiger partial charge in [-0.2, -0.15) is 0 Å². The number of hydrogen-bond acceptors (Lipinski definition) is 4. The van der Waals surface area contributed by atoms with Crippen LogP contribution < -0.4 is 5.73 Å². The summed E-state index contributed by atoms with van der Waals surface area (Å²) < 4.78 is 0. The lowest BCUT2D eigenvalue weighted by Crippen LogP contribution is -2.31. The molecule has 16 heavy (non-hydrogen) atoms. The van der Waals surface area contributed by atoms with Gasteiger partial charge in [0.15, 0.2) is 0 Å². The minimum atomic E-state index is 0. The molecule has 6 heteroatoms. The number of aromatic nitrogens is 4. The summed E-state index contributed by atoms with van der Waals surface area (Å²) >= 11 is 0. The normalized spacial score (nSPS) is 33.7. The molecular formula is C10H20ClN5. The zero-order chi connectivity index (χ0) is 10.9. The molecule has 0 amide bonds. The third kappa shape index (κ3) is 2.52. The topological polar surface area (TPSA) is 80.5 Å². The number of nitrogens with two attached hydrogens (primary N) is 1. The Morgan fingerprint density at radius 2 is 2.00 bits per heavy atom. The molecule has 2 rings (SSSR count). The van der Waals surface area contributed by atoms with E-state index in [0.29, 0.717) is 0 Å². The third-order valence-corrected chi connectivity index (χ3v) is 3.85. The predicted molar refractivity (Wildman–Crippen MR) is 64.2 cm³/mol. The van der Waals surface area contributed by atoms with Gasteiger partial charge in [0.2, 0.25) is 0 Å². The maximum atomic E-state index is 5.93. The summed E-state index contributed by atoms with van der Waals surface area (Å²) in [4.78, 5) is 0. The van der Waals surface area contributed by atoms with Crippen molar-refractivity contribution < 1.29 is 0 Å². The molecule has 1 aromatic heterocycles. The van der Waals surface area contributed by atoms with Crippen molar-refractivity contribution in [2.75, 3.05) is 6.54 Å². The Bertz CT molecular complexity index is 303. The van der Waals surface area contributed by atoms with Gasteiger partial charge < -0.3 is 5.73 Å². The average molecular weight is 246 g/mol. The Morgan fingerprint density at radius 1 is 1.38 bits per heavy atom. The minimum absolute atomic E-state index is 0. The molecule has 2 unspecified atom stereocenters. The molecular weight excluding hydrogens is 226 g/mol. The van der Waals surface area contributed by atoms with E-state index in [1.165, 1.54) is 12.8 Å². The summed E-state index contributed by atoms with van der Waals surface area (Å²) in [5.41, 5.74) is 6.14. The first-order valence-corrected chi connectivity index (χ1v) is 5.58. The van der Waals surface area contributed by atoms with Gasteiger partial charge in [-0.15, -0.1) is 17.5 Å². The van der Waals surface area contributed by atoms with Crippen molar-refractivity contribution in [2.24, 2.45) is 23.0 Å². The lowest BCUT2D eigenvalue weighted by molar-refractivity contribution is 0.285. The Balaban J connectivity index is 0.00000128. The SMILES string of the molecule is CC1CC(CN)(Cc2nnn[nH]2)CC1C.Cl. The first-order chi connectivity index (χ1) is 7.15. The molecule has 0 aromatic carbocycles. The van der Waals surface area contributed by atoms with Gasteiger partial charge in [0, 0.05) is 6.42 Å². The van der Waals surface area contributed by atoms with Crippen molar-refractivity contribution in [3.63, 3.8) is 0 Å². The first-order valence-electron chi connectivity index (χ1n) is 5.58. The van der Waals surface area contributed by atoms with Crippen molar-refractivity contribution in [3.05, 3.63) is 5.82 Å². The van der Waals surface area contributed by atoms with Crippen LogP contribution in [0.4, 0.5) is 0 Å². The number of H-pyrrole nitrogens is 1. The molecule has 0 saturated heterocycles. The highest BCUT2D eigenvalue weighted by atomic mass is 35.5. The first kappa shape index (κ1) is 13.4. The summed E-state index contributed by atoms with van der Waals surface area (Å²) in [5, 5.41) is 14.0. The van der Waals surface area contributed by atoms with Gasteiger partial charge in [-0.3, -0.25) is 0 Å². The molecule has 1 aromatic rings. The van der Waals surface area contributed by atoms with Gasteiger partial charge in [0.1, 0.15) is 5.82 Å². The fraction of sp³-hybridized carbons (Fsp3) is 0.900. The number of rotatable bonds is 3. The van der Waals surface area contributed by atoms with E-state index in [0.717, 1.165) is 30.6 Å². The van der Waals surface area contributed by atoms with Crippen LogP contribution >= 0.6 is 12.4 Å². The summed E-state index contributed by atoms with van der Waals surface area (Å²) in [7, 11) is 0. The number of tetrazole rings is 1. The highest BCUT2D eigenvalue weighted by Crippen LogP contribution is 2.46. The van der Waals surface area contributed by atoms with Crippen LogP contribution in [0.15, 0.2) is 0 Å². The summed E-state index contributed by atoms with van der Waals surface area (Å²) in [5.74, 6) is 2.37. The van der Waals surface area contributed by atoms with E-state index in [1.54, 1.807) is 0 Å². The molecule has 1 aliphatic rings. The van der Waals surface area contributed by atoms with Crippen molar-refractivity contribution in [2.45, 2.75) is 33.1 Å². The van der Waals surface area contributed by atoms with Crippen LogP contribution in [0, 0.1) is 17.3 Å². The molecule has 2 atom stereocenters. The van der Waals surface area contributed by atoms with E-state index in [-0.39, 0.29) is 17.8 Å². The van der Waals surface area contributed by atoms with Gasteiger partial charge in [-0.1, -0.05) is 13.8 Å². The second kappa shape index (κ2) is 5.10. The van der Waals surface area contributed by atoms with Gasteiger partial charge in [-0.05, 0) is 47.1 Å². The molecule has 92 valence electrons. The fourth-order valence-corrected chi connectivity index (χ4v) is 2.84. The maximum absolute atomic E-state index is 5.93. The van der Waals surface area contributed by atoms with Crippen molar-refractivity contribution >= 4 is 12.4 Å². The predicted octanol–water partition coefficient (Wildman–Crippen LogP) is 1.18. The zero-order valence-electron chi connectivity index (χ0n) is 9.81. The van der Waals surface area contributed by atoms with Crippen molar-refractivity contribution in [1.82, 2.24) is 20.6 Å². The highest BCUT2D eigenvalue weighted by Gasteiger charge is 2.41. The fourth-order valence-electron chi connectivity index (χ4n) is 2.84. The van der Waals surface area contributed by atoms with E-state index in [2.05, 4.69) is 34.5 Å². The zero-order valence-corrected chi connectivity index (χ0v) is 10.6. The number of nitrogens with zero attached hydrogens (tertiary/aromatic N) is 3. The van der Waals surface area contributed by atoms with E-state index < -0.39 is 0 Å². The van der Waals surface area contributed by atoms with Crippen LogP contribution in [0.2, 0.25) is 0 Å². The summed E-state index contributed by atoms with van der Waals surface area (Å²) in [6.45, 7) is 5.34. The Morgan fingerprint density at radius 3 is 2.44 bits per heavy atom. The molecule has 5 nitrogen and oxygen atoms in total. The second-order valence-electron chi connectivity index (χ2n) is 5.09. The maximum Gasteiger partial charge on any atom is 0.149 e. The highest BCUT2D eigenvalue weighted by molar-refractivity contribution is 5.85. The van der Waals surface area contributed by atoms with Crippen LogP contribution in [0.3, 0.4) is 0 Å². The Labute approximate surface area is 102 Å². The quantitative estimate of drug-likeness (QED) is 0.838. The smallest absolute Gasteiger partial charge is 0.149 e. The second-order valence-corrected chi connectivity index (χ2v) is 5.09. The lowest BCUT2D eigenvalue weighted by atomic mass is 9.81. The molecule has 1 fully saturated rings. The van der Waals surface area contributed by atoms with Crippen LogP contribution in [-0.4, -0.2) is 27.2 Å². The van der Waals surface area contributed by atoms with E-state index in [4.69, 9.17) is 5.73 Å². The molecule has 0 radical (unpaired) electrons. The van der Waals surface area contributed by atoms with Crippen LogP contribution in [0.5, 0.6) is 0 Å². The number of hydrogen-bond donors (Lipinski definition) is 2.